The van der Waals surface area contributed by atoms with Gasteiger partial charge in [-0.2, -0.15) is 0 Å². The number of rotatable bonds is 4. The van der Waals surface area contributed by atoms with Crippen LogP contribution in [0.2, 0.25) is 0 Å². The summed E-state index contributed by atoms with van der Waals surface area (Å²) < 4.78 is 2.32. The van der Waals surface area contributed by atoms with Gasteiger partial charge in [-0.15, -0.1) is 0 Å². The first-order valence-corrected chi connectivity index (χ1v) is 6.55. The predicted octanol–water partition coefficient (Wildman–Crippen LogP) is 1.30. The van der Waals surface area contributed by atoms with Crippen LogP contribution in [0.1, 0.15) is 31.4 Å². The molecule has 2 unspecified atom stereocenters. The van der Waals surface area contributed by atoms with Gasteiger partial charge < -0.3 is 14.8 Å². The Morgan fingerprint density at radius 2 is 2.41 bits per heavy atom. The van der Waals surface area contributed by atoms with Gasteiger partial charge in [0.05, 0.1) is 6.33 Å². The first-order valence-electron chi connectivity index (χ1n) is 6.55. The van der Waals surface area contributed by atoms with Crippen LogP contribution < -0.4 is 5.32 Å². The molecule has 2 atom stereocenters. The molecule has 0 saturated carbocycles. The summed E-state index contributed by atoms with van der Waals surface area (Å²) in [6.45, 7) is 5.54. The van der Waals surface area contributed by atoms with Crippen molar-refractivity contribution in [2.75, 3.05) is 27.2 Å². The third-order valence-electron chi connectivity index (χ3n) is 3.80. The minimum atomic E-state index is 0.541. The van der Waals surface area contributed by atoms with Crippen LogP contribution in [-0.4, -0.2) is 47.7 Å². The van der Waals surface area contributed by atoms with E-state index in [1.54, 1.807) is 0 Å². The Labute approximate surface area is 104 Å². The van der Waals surface area contributed by atoms with Crippen LogP contribution in [0, 0.1) is 0 Å². The van der Waals surface area contributed by atoms with Crippen molar-refractivity contribution in [1.29, 1.82) is 0 Å². The lowest BCUT2D eigenvalue weighted by Crippen LogP contribution is -2.32. The van der Waals surface area contributed by atoms with E-state index < -0.39 is 0 Å². The van der Waals surface area contributed by atoms with Crippen molar-refractivity contribution < 1.29 is 0 Å². The summed E-state index contributed by atoms with van der Waals surface area (Å²) in [6.07, 6.45) is 6.58. The fourth-order valence-corrected chi connectivity index (χ4v) is 2.38. The number of likely N-dealkylation sites (N-methyl/N-ethyl adjacent to an activating group) is 1. The Balaban J connectivity index is 2.05. The van der Waals surface area contributed by atoms with E-state index in [0.717, 1.165) is 13.1 Å². The van der Waals surface area contributed by atoms with E-state index >= 15 is 0 Å². The van der Waals surface area contributed by atoms with Gasteiger partial charge in [-0.25, -0.2) is 4.98 Å². The summed E-state index contributed by atoms with van der Waals surface area (Å²) in [5, 5.41) is 3.47. The molecule has 0 spiro atoms. The monoisotopic (exact) mass is 236 g/mol. The lowest BCUT2D eigenvalue weighted by Gasteiger charge is -2.26. The Hall–Kier alpha value is -0.870. The second-order valence-electron chi connectivity index (χ2n) is 5.33. The molecule has 0 aromatic carbocycles. The Kier molecular flexibility index (Phi) is 4.18. The third kappa shape index (κ3) is 3.07. The van der Waals surface area contributed by atoms with Crippen molar-refractivity contribution in [3.8, 4) is 0 Å². The molecule has 4 nitrogen and oxygen atoms in total. The van der Waals surface area contributed by atoms with E-state index in [-0.39, 0.29) is 0 Å². The van der Waals surface area contributed by atoms with Crippen LogP contribution in [0.15, 0.2) is 12.5 Å². The quantitative estimate of drug-likeness (QED) is 0.855. The first kappa shape index (κ1) is 12.6. The summed E-state index contributed by atoms with van der Waals surface area (Å²) in [5.74, 6) is 0.639. The third-order valence-corrected chi connectivity index (χ3v) is 3.80. The maximum absolute atomic E-state index is 4.33. The number of piperidine rings is 1. The molecule has 0 bridgehead atoms. The molecule has 1 fully saturated rings. The molecule has 1 N–H and O–H groups in total. The van der Waals surface area contributed by atoms with Gasteiger partial charge in [0.15, 0.2) is 0 Å². The highest BCUT2D eigenvalue weighted by Crippen LogP contribution is 2.23. The number of nitrogens with one attached hydrogen (secondary N) is 1. The van der Waals surface area contributed by atoms with Gasteiger partial charge >= 0.3 is 0 Å². The normalized spacial score (nSPS) is 22.9. The van der Waals surface area contributed by atoms with E-state index in [1.807, 2.05) is 12.5 Å². The molecule has 96 valence electrons. The number of hydrogen-bond donors (Lipinski definition) is 1. The highest BCUT2D eigenvalue weighted by atomic mass is 15.1. The van der Waals surface area contributed by atoms with E-state index in [9.17, 15) is 0 Å². The zero-order chi connectivity index (χ0) is 12.3. The molecule has 2 rings (SSSR count). The molecular weight excluding hydrogens is 212 g/mol. The number of aromatic nitrogens is 2. The smallest absolute Gasteiger partial charge is 0.0948 e. The number of hydrogen-bond acceptors (Lipinski definition) is 3. The van der Waals surface area contributed by atoms with Crippen molar-refractivity contribution >= 4 is 0 Å². The fraction of sp³-hybridized carbons (Fsp3) is 0.769. The van der Waals surface area contributed by atoms with Crippen molar-refractivity contribution in [2.24, 2.45) is 0 Å². The summed E-state index contributed by atoms with van der Waals surface area (Å²) >= 11 is 0. The van der Waals surface area contributed by atoms with E-state index in [1.165, 1.54) is 25.1 Å². The summed E-state index contributed by atoms with van der Waals surface area (Å²) in [5.41, 5.74) is 1.39. The Morgan fingerprint density at radius 1 is 1.59 bits per heavy atom. The van der Waals surface area contributed by atoms with Gasteiger partial charge in [-0.3, -0.25) is 0 Å². The van der Waals surface area contributed by atoms with Crippen molar-refractivity contribution in [3.05, 3.63) is 18.2 Å². The lowest BCUT2D eigenvalue weighted by molar-refractivity contribution is 0.279. The van der Waals surface area contributed by atoms with E-state index in [4.69, 9.17) is 0 Å². The molecule has 17 heavy (non-hydrogen) atoms. The Morgan fingerprint density at radius 3 is 3.06 bits per heavy atom. The van der Waals surface area contributed by atoms with Crippen LogP contribution in [0.25, 0.3) is 0 Å². The average molecular weight is 236 g/mol. The molecule has 1 aromatic heterocycles. The van der Waals surface area contributed by atoms with Crippen LogP contribution >= 0.6 is 0 Å². The van der Waals surface area contributed by atoms with Gasteiger partial charge in [0.25, 0.3) is 0 Å². The molecule has 1 aromatic rings. The van der Waals surface area contributed by atoms with Crippen molar-refractivity contribution in [2.45, 2.75) is 38.3 Å². The topological polar surface area (TPSA) is 33.1 Å². The molecule has 0 amide bonds. The fourth-order valence-electron chi connectivity index (χ4n) is 2.38. The predicted molar refractivity (Wildman–Crippen MR) is 70.2 cm³/mol. The number of nitrogens with zero attached hydrogens (tertiary/aromatic N) is 3. The van der Waals surface area contributed by atoms with Gasteiger partial charge in [-0.1, -0.05) is 0 Å². The SMILES string of the molecule is CC(Cn1cncc1C1CCCNC1)N(C)C. The van der Waals surface area contributed by atoms with Crippen molar-refractivity contribution in [3.63, 3.8) is 0 Å². The van der Waals surface area contributed by atoms with Crippen LogP contribution in [-0.2, 0) is 6.54 Å². The minimum absolute atomic E-state index is 0.541. The van der Waals surface area contributed by atoms with Crippen molar-refractivity contribution in [1.82, 2.24) is 19.8 Å². The molecule has 0 radical (unpaired) electrons. The summed E-state index contributed by atoms with van der Waals surface area (Å²) in [4.78, 5) is 6.58. The summed E-state index contributed by atoms with van der Waals surface area (Å²) in [6, 6.07) is 0.541. The largest absolute Gasteiger partial charge is 0.333 e. The second kappa shape index (κ2) is 5.65. The molecule has 1 aliphatic rings. The zero-order valence-corrected chi connectivity index (χ0v) is 11.2. The summed E-state index contributed by atoms with van der Waals surface area (Å²) in [7, 11) is 4.26. The molecule has 0 aliphatic carbocycles. The Bertz CT molecular complexity index is 339. The zero-order valence-electron chi connectivity index (χ0n) is 11.2. The van der Waals surface area contributed by atoms with Gasteiger partial charge in [-0.05, 0) is 40.4 Å². The van der Waals surface area contributed by atoms with Gasteiger partial charge in [0.2, 0.25) is 0 Å². The van der Waals surface area contributed by atoms with E-state index in [2.05, 4.69) is 40.8 Å². The van der Waals surface area contributed by atoms with Crippen LogP contribution in [0.4, 0.5) is 0 Å². The molecule has 1 aliphatic heterocycles. The highest BCUT2D eigenvalue weighted by molar-refractivity contribution is 5.08. The second-order valence-corrected chi connectivity index (χ2v) is 5.33. The van der Waals surface area contributed by atoms with Gasteiger partial charge in [0, 0.05) is 36.9 Å². The van der Waals surface area contributed by atoms with E-state index in [0.29, 0.717) is 12.0 Å². The maximum atomic E-state index is 4.33. The van der Waals surface area contributed by atoms with Gasteiger partial charge in [0.1, 0.15) is 0 Å². The maximum Gasteiger partial charge on any atom is 0.0948 e. The number of imidazole rings is 1. The average Bonchev–Trinajstić information content (AvgIpc) is 2.78. The highest BCUT2D eigenvalue weighted by Gasteiger charge is 2.19. The van der Waals surface area contributed by atoms with Crippen LogP contribution in [0.3, 0.4) is 0 Å². The first-order chi connectivity index (χ1) is 8.18. The molecule has 4 heteroatoms. The van der Waals surface area contributed by atoms with Crippen LogP contribution in [0.5, 0.6) is 0 Å². The minimum Gasteiger partial charge on any atom is -0.333 e. The standard InChI is InChI=1S/C13H24N4/c1-11(16(2)3)9-17-10-15-8-13(17)12-5-4-6-14-7-12/h8,10-12,14H,4-7,9H2,1-3H3. The molecular formula is C13H24N4. The molecule has 2 heterocycles. The molecule has 1 saturated heterocycles. The lowest BCUT2D eigenvalue weighted by atomic mass is 9.96.